The fourth-order valence-corrected chi connectivity index (χ4v) is 4.47. The molecule has 2 heterocycles. The van der Waals surface area contributed by atoms with Gasteiger partial charge in [-0.05, 0) is 49.9 Å². The van der Waals surface area contributed by atoms with Crippen molar-refractivity contribution in [2.75, 3.05) is 40.3 Å². The SMILES string of the molecule is CC(NC(=NCC(=O)N(C)C)NCC(c1cccs1)N1CCCC1)c1ccccc1.I. The molecule has 1 aliphatic rings. The third kappa shape index (κ3) is 7.76. The van der Waals surface area contributed by atoms with Gasteiger partial charge in [0.2, 0.25) is 5.91 Å². The Bertz CT molecular complexity index is 807. The summed E-state index contributed by atoms with van der Waals surface area (Å²) in [4.78, 5) is 22.2. The second-order valence-electron chi connectivity index (χ2n) is 7.88. The summed E-state index contributed by atoms with van der Waals surface area (Å²) in [6.45, 7) is 5.24. The average Bonchev–Trinajstić information content (AvgIpc) is 3.47. The van der Waals surface area contributed by atoms with Crippen molar-refractivity contribution in [2.24, 2.45) is 4.99 Å². The number of rotatable bonds is 8. The quantitative estimate of drug-likeness (QED) is 0.295. The highest BCUT2D eigenvalue weighted by Crippen LogP contribution is 2.27. The number of likely N-dealkylation sites (tertiary alicyclic amines) is 1. The van der Waals surface area contributed by atoms with E-state index in [9.17, 15) is 4.79 Å². The zero-order chi connectivity index (χ0) is 21.3. The molecule has 1 fully saturated rings. The minimum Gasteiger partial charge on any atom is -0.354 e. The molecule has 170 valence electrons. The van der Waals surface area contributed by atoms with Gasteiger partial charge in [0.25, 0.3) is 0 Å². The third-order valence-corrected chi connectivity index (χ3v) is 6.41. The Morgan fingerprint density at radius 2 is 1.87 bits per heavy atom. The number of nitrogens with zero attached hydrogens (tertiary/aromatic N) is 3. The summed E-state index contributed by atoms with van der Waals surface area (Å²) in [5.41, 5.74) is 1.18. The highest BCUT2D eigenvalue weighted by molar-refractivity contribution is 14.0. The molecule has 6 nitrogen and oxygen atoms in total. The van der Waals surface area contributed by atoms with E-state index in [1.807, 2.05) is 18.2 Å². The van der Waals surface area contributed by atoms with Crippen LogP contribution in [-0.4, -0.2) is 61.9 Å². The molecule has 1 aromatic carbocycles. The summed E-state index contributed by atoms with van der Waals surface area (Å²) < 4.78 is 0. The molecule has 3 rings (SSSR count). The standard InChI is InChI=1S/C23H33N5OS.HI/c1-18(19-10-5-4-6-11-19)26-23(25-17-22(29)27(2)3)24-16-20(21-12-9-15-30-21)28-13-7-8-14-28;/h4-6,9-12,15,18,20H,7-8,13-14,16-17H2,1-3H3,(H2,24,25,26);1H. The third-order valence-electron chi connectivity index (χ3n) is 5.44. The van der Waals surface area contributed by atoms with E-state index in [0.29, 0.717) is 12.0 Å². The first kappa shape index (κ1) is 25.6. The predicted octanol–water partition coefficient (Wildman–Crippen LogP) is 3.89. The topological polar surface area (TPSA) is 60.0 Å². The number of likely N-dealkylation sites (N-methyl/N-ethyl adjacent to an activating group) is 1. The molecular weight excluding hydrogens is 521 g/mol. The number of hydrogen-bond donors (Lipinski definition) is 2. The summed E-state index contributed by atoms with van der Waals surface area (Å²) in [6.07, 6.45) is 2.51. The maximum atomic E-state index is 12.1. The Morgan fingerprint density at radius 3 is 2.48 bits per heavy atom. The molecule has 0 aliphatic carbocycles. The number of carbonyl (C=O) groups excluding carboxylic acids is 1. The number of aliphatic imine (C=N–C) groups is 1. The molecule has 0 spiro atoms. The van der Waals surface area contributed by atoms with Crippen LogP contribution < -0.4 is 10.6 Å². The van der Waals surface area contributed by atoms with Crippen LogP contribution in [0.25, 0.3) is 0 Å². The van der Waals surface area contributed by atoms with Gasteiger partial charge in [-0.1, -0.05) is 36.4 Å². The second kappa shape index (κ2) is 13.0. The van der Waals surface area contributed by atoms with E-state index in [-0.39, 0.29) is 42.5 Å². The van der Waals surface area contributed by atoms with Crippen molar-refractivity contribution < 1.29 is 4.79 Å². The summed E-state index contributed by atoms with van der Waals surface area (Å²) in [7, 11) is 3.51. The van der Waals surface area contributed by atoms with Gasteiger partial charge in [0.1, 0.15) is 6.54 Å². The molecule has 1 aliphatic heterocycles. The lowest BCUT2D eigenvalue weighted by molar-refractivity contribution is -0.127. The van der Waals surface area contributed by atoms with Gasteiger partial charge in [0, 0.05) is 25.5 Å². The molecule has 1 amide bonds. The van der Waals surface area contributed by atoms with Gasteiger partial charge in [-0.2, -0.15) is 0 Å². The van der Waals surface area contributed by atoms with Crippen LogP contribution in [0.1, 0.15) is 42.3 Å². The molecular formula is C23H34IN5OS. The van der Waals surface area contributed by atoms with E-state index >= 15 is 0 Å². The van der Waals surface area contributed by atoms with Gasteiger partial charge >= 0.3 is 0 Å². The first-order valence-corrected chi connectivity index (χ1v) is 11.5. The van der Waals surface area contributed by atoms with Gasteiger partial charge < -0.3 is 15.5 Å². The van der Waals surface area contributed by atoms with Crippen molar-refractivity contribution in [3.63, 3.8) is 0 Å². The maximum absolute atomic E-state index is 12.1. The second-order valence-corrected chi connectivity index (χ2v) is 8.86. The van der Waals surface area contributed by atoms with Crippen molar-refractivity contribution in [1.29, 1.82) is 0 Å². The van der Waals surface area contributed by atoms with Crippen LogP contribution in [0, 0.1) is 0 Å². The van der Waals surface area contributed by atoms with Gasteiger partial charge in [-0.3, -0.25) is 9.69 Å². The van der Waals surface area contributed by atoms with Crippen molar-refractivity contribution in [3.05, 3.63) is 58.3 Å². The van der Waals surface area contributed by atoms with E-state index < -0.39 is 0 Å². The first-order chi connectivity index (χ1) is 14.5. The zero-order valence-corrected chi connectivity index (χ0v) is 21.7. The number of benzene rings is 1. The molecule has 2 N–H and O–H groups in total. The molecule has 0 radical (unpaired) electrons. The molecule has 0 bridgehead atoms. The highest BCUT2D eigenvalue weighted by Gasteiger charge is 2.24. The first-order valence-electron chi connectivity index (χ1n) is 10.6. The Balaban J connectivity index is 0.00000341. The number of guanidine groups is 1. The molecule has 2 unspecified atom stereocenters. The van der Waals surface area contributed by atoms with Crippen molar-refractivity contribution in [1.82, 2.24) is 20.4 Å². The lowest BCUT2D eigenvalue weighted by atomic mass is 10.1. The molecule has 31 heavy (non-hydrogen) atoms. The summed E-state index contributed by atoms with van der Waals surface area (Å²) in [6, 6.07) is 15.0. The van der Waals surface area contributed by atoms with Crippen LogP contribution in [0.4, 0.5) is 0 Å². The van der Waals surface area contributed by atoms with E-state index in [2.05, 4.69) is 57.1 Å². The molecule has 0 saturated carbocycles. The Kier molecular flexibility index (Phi) is 10.8. The Labute approximate surface area is 207 Å². The zero-order valence-electron chi connectivity index (χ0n) is 18.6. The van der Waals surface area contributed by atoms with Crippen molar-refractivity contribution in [2.45, 2.75) is 31.8 Å². The van der Waals surface area contributed by atoms with Crippen LogP contribution >= 0.6 is 35.3 Å². The van der Waals surface area contributed by atoms with Gasteiger partial charge in [0.05, 0.1) is 12.1 Å². The van der Waals surface area contributed by atoms with Crippen molar-refractivity contribution in [3.8, 4) is 0 Å². The minimum atomic E-state index is -0.0159. The van der Waals surface area contributed by atoms with E-state index in [0.717, 1.165) is 19.6 Å². The molecule has 8 heteroatoms. The largest absolute Gasteiger partial charge is 0.354 e. The van der Waals surface area contributed by atoms with E-state index in [1.165, 1.54) is 23.3 Å². The minimum absolute atomic E-state index is 0. The number of hydrogen-bond acceptors (Lipinski definition) is 4. The number of nitrogens with one attached hydrogen (secondary N) is 2. The maximum Gasteiger partial charge on any atom is 0.243 e. The number of carbonyl (C=O) groups is 1. The summed E-state index contributed by atoms with van der Waals surface area (Å²) in [5.74, 6) is 0.653. The lowest BCUT2D eigenvalue weighted by Gasteiger charge is -2.28. The molecule has 1 aromatic heterocycles. The van der Waals surface area contributed by atoms with Crippen LogP contribution in [0.3, 0.4) is 0 Å². The van der Waals surface area contributed by atoms with E-state index in [1.54, 1.807) is 30.3 Å². The van der Waals surface area contributed by atoms with E-state index in [4.69, 9.17) is 0 Å². The molecule has 2 atom stereocenters. The Hall–Kier alpha value is -1.65. The smallest absolute Gasteiger partial charge is 0.243 e. The van der Waals surface area contributed by atoms with Gasteiger partial charge in [0.15, 0.2) is 5.96 Å². The average molecular weight is 556 g/mol. The number of halogens is 1. The Morgan fingerprint density at radius 1 is 1.16 bits per heavy atom. The van der Waals surface area contributed by atoms with Gasteiger partial charge in [-0.25, -0.2) is 4.99 Å². The predicted molar refractivity (Wildman–Crippen MR) is 140 cm³/mol. The highest BCUT2D eigenvalue weighted by atomic mass is 127. The summed E-state index contributed by atoms with van der Waals surface area (Å²) in [5, 5.41) is 9.12. The van der Waals surface area contributed by atoms with Crippen LogP contribution in [0.2, 0.25) is 0 Å². The monoisotopic (exact) mass is 555 g/mol. The molecule has 2 aromatic rings. The number of thiophene rings is 1. The van der Waals surface area contributed by atoms with Crippen molar-refractivity contribution >= 4 is 47.2 Å². The fraction of sp³-hybridized carbons (Fsp3) is 0.478. The van der Waals surface area contributed by atoms with Crippen LogP contribution in [0.5, 0.6) is 0 Å². The lowest BCUT2D eigenvalue weighted by Crippen LogP contribution is -2.44. The normalized spacial score (nSPS) is 16.3. The van der Waals surface area contributed by atoms with Crippen LogP contribution in [0.15, 0.2) is 52.8 Å². The summed E-state index contributed by atoms with van der Waals surface area (Å²) >= 11 is 1.80. The fourth-order valence-electron chi connectivity index (χ4n) is 3.61. The number of amides is 1. The molecule has 1 saturated heterocycles. The van der Waals surface area contributed by atoms with Crippen LogP contribution in [-0.2, 0) is 4.79 Å². The van der Waals surface area contributed by atoms with Gasteiger partial charge in [-0.15, -0.1) is 35.3 Å².